The Labute approximate surface area is 190 Å². The molecule has 166 valence electrons. The first kappa shape index (κ1) is 23.4. The van der Waals surface area contributed by atoms with E-state index in [0.717, 1.165) is 4.31 Å². The highest BCUT2D eigenvalue weighted by Crippen LogP contribution is 2.36. The highest BCUT2D eigenvalue weighted by molar-refractivity contribution is 7.89. The highest BCUT2D eigenvalue weighted by atomic mass is 35.5. The standard InChI is InChI=1S/C22H20ClN3O5S/c1-14-4-10-18(32(30,31)25(2)3)13-20(14)19-11-9-17(12-21(19)26(28)29)24-22(27)15-5-7-16(23)8-6-15/h4-13H,1-3H3,(H,24,27). The van der Waals surface area contributed by atoms with Crippen molar-refractivity contribution >= 4 is 38.9 Å². The van der Waals surface area contributed by atoms with Crippen LogP contribution in [-0.4, -0.2) is 37.6 Å². The Balaban J connectivity index is 2.03. The van der Waals surface area contributed by atoms with Crippen LogP contribution < -0.4 is 5.32 Å². The van der Waals surface area contributed by atoms with E-state index in [1.165, 1.54) is 44.4 Å². The van der Waals surface area contributed by atoms with E-state index in [2.05, 4.69) is 5.32 Å². The topological polar surface area (TPSA) is 110 Å². The van der Waals surface area contributed by atoms with Gasteiger partial charge in [-0.15, -0.1) is 0 Å². The minimum Gasteiger partial charge on any atom is -0.322 e. The normalized spacial score (nSPS) is 11.4. The van der Waals surface area contributed by atoms with Gasteiger partial charge in [-0.3, -0.25) is 14.9 Å². The van der Waals surface area contributed by atoms with Crippen LogP contribution in [0.4, 0.5) is 11.4 Å². The molecule has 0 spiro atoms. The minimum absolute atomic E-state index is 0.0255. The fraction of sp³-hybridized carbons (Fsp3) is 0.136. The molecule has 0 aromatic heterocycles. The van der Waals surface area contributed by atoms with Crippen LogP contribution in [0.2, 0.25) is 5.02 Å². The third-order valence-corrected chi connectivity index (χ3v) is 6.90. The van der Waals surface area contributed by atoms with E-state index < -0.39 is 20.9 Å². The first-order chi connectivity index (χ1) is 15.0. The second-order valence-corrected chi connectivity index (χ2v) is 9.80. The number of nitro benzene ring substituents is 1. The maximum absolute atomic E-state index is 12.5. The van der Waals surface area contributed by atoms with Crippen LogP contribution in [0.15, 0.2) is 65.6 Å². The molecule has 0 aliphatic rings. The first-order valence-electron chi connectivity index (χ1n) is 9.39. The van der Waals surface area contributed by atoms with Crippen molar-refractivity contribution in [2.45, 2.75) is 11.8 Å². The van der Waals surface area contributed by atoms with Gasteiger partial charge in [0.2, 0.25) is 10.0 Å². The molecular formula is C22H20ClN3O5S. The van der Waals surface area contributed by atoms with Crippen molar-refractivity contribution in [3.8, 4) is 11.1 Å². The van der Waals surface area contributed by atoms with Crippen molar-refractivity contribution in [1.82, 2.24) is 4.31 Å². The zero-order valence-electron chi connectivity index (χ0n) is 17.5. The number of sulfonamides is 1. The molecule has 0 atom stereocenters. The number of benzene rings is 3. The van der Waals surface area contributed by atoms with Crippen molar-refractivity contribution in [3.63, 3.8) is 0 Å². The zero-order valence-corrected chi connectivity index (χ0v) is 19.1. The van der Waals surface area contributed by atoms with Gasteiger partial charge >= 0.3 is 0 Å². The van der Waals surface area contributed by atoms with Crippen molar-refractivity contribution in [1.29, 1.82) is 0 Å². The van der Waals surface area contributed by atoms with E-state index in [1.54, 1.807) is 37.3 Å². The lowest BCUT2D eigenvalue weighted by Crippen LogP contribution is -2.22. The number of carbonyl (C=O) groups excluding carboxylic acids is 1. The molecule has 0 bridgehead atoms. The van der Waals surface area contributed by atoms with Gasteiger partial charge in [-0.2, -0.15) is 0 Å². The third-order valence-electron chi connectivity index (χ3n) is 4.84. The van der Waals surface area contributed by atoms with Crippen molar-refractivity contribution in [2.24, 2.45) is 0 Å². The molecule has 32 heavy (non-hydrogen) atoms. The van der Waals surface area contributed by atoms with Crippen molar-refractivity contribution in [2.75, 3.05) is 19.4 Å². The van der Waals surface area contributed by atoms with Gasteiger partial charge in [0.25, 0.3) is 11.6 Å². The quantitative estimate of drug-likeness (QED) is 0.411. The average Bonchev–Trinajstić information content (AvgIpc) is 2.74. The maximum atomic E-state index is 12.5. The van der Waals surface area contributed by atoms with E-state index in [-0.39, 0.29) is 21.8 Å². The smallest absolute Gasteiger partial charge is 0.279 e. The lowest BCUT2D eigenvalue weighted by atomic mass is 9.98. The Kier molecular flexibility index (Phi) is 6.63. The number of rotatable bonds is 6. The molecule has 0 radical (unpaired) electrons. The lowest BCUT2D eigenvalue weighted by Gasteiger charge is -2.14. The van der Waals surface area contributed by atoms with Gasteiger partial charge in [0.05, 0.1) is 15.4 Å². The van der Waals surface area contributed by atoms with Crippen LogP contribution >= 0.6 is 11.6 Å². The van der Waals surface area contributed by atoms with Crippen LogP contribution in [0, 0.1) is 17.0 Å². The van der Waals surface area contributed by atoms with E-state index in [4.69, 9.17) is 11.6 Å². The number of anilines is 1. The van der Waals surface area contributed by atoms with Crippen molar-refractivity contribution < 1.29 is 18.1 Å². The molecule has 0 aliphatic carbocycles. The summed E-state index contributed by atoms with van der Waals surface area (Å²) in [5.74, 6) is -0.445. The summed E-state index contributed by atoms with van der Waals surface area (Å²) in [6.07, 6.45) is 0. The maximum Gasteiger partial charge on any atom is 0.279 e. The van der Waals surface area contributed by atoms with Gasteiger partial charge in [-0.25, -0.2) is 12.7 Å². The van der Waals surface area contributed by atoms with Gasteiger partial charge in [0.15, 0.2) is 0 Å². The molecule has 0 heterocycles. The van der Waals surface area contributed by atoms with E-state index >= 15 is 0 Å². The molecular weight excluding hydrogens is 454 g/mol. The summed E-state index contributed by atoms with van der Waals surface area (Å²) in [6, 6.07) is 15.0. The fourth-order valence-corrected chi connectivity index (χ4v) is 4.11. The van der Waals surface area contributed by atoms with Gasteiger partial charge in [0, 0.05) is 36.4 Å². The van der Waals surface area contributed by atoms with Crippen LogP contribution in [0.5, 0.6) is 0 Å². The molecule has 0 unspecified atom stereocenters. The summed E-state index contributed by atoms with van der Waals surface area (Å²) < 4.78 is 26.1. The molecule has 3 rings (SSSR count). The second-order valence-electron chi connectivity index (χ2n) is 7.21. The molecule has 3 aromatic carbocycles. The Morgan fingerprint density at radius 2 is 1.66 bits per heavy atom. The molecule has 0 aliphatic heterocycles. The van der Waals surface area contributed by atoms with Gasteiger partial charge in [-0.05, 0) is 66.6 Å². The number of amides is 1. The summed E-state index contributed by atoms with van der Waals surface area (Å²) in [6.45, 7) is 1.74. The van der Waals surface area contributed by atoms with Gasteiger partial charge in [0.1, 0.15) is 0 Å². The first-order valence-corrected chi connectivity index (χ1v) is 11.2. The number of carbonyl (C=O) groups is 1. The molecule has 8 nitrogen and oxygen atoms in total. The number of halogens is 1. The monoisotopic (exact) mass is 473 g/mol. The zero-order chi connectivity index (χ0) is 23.6. The Bertz CT molecular complexity index is 1310. The summed E-state index contributed by atoms with van der Waals surface area (Å²) in [7, 11) is -0.894. The second kappa shape index (κ2) is 9.07. The SMILES string of the molecule is Cc1ccc(S(=O)(=O)N(C)C)cc1-c1ccc(NC(=O)c2ccc(Cl)cc2)cc1[N+](=O)[O-]. The Morgan fingerprint density at radius 3 is 2.25 bits per heavy atom. The number of hydrogen-bond acceptors (Lipinski definition) is 5. The Morgan fingerprint density at radius 1 is 1.00 bits per heavy atom. The predicted molar refractivity (Wildman–Crippen MR) is 124 cm³/mol. The van der Waals surface area contributed by atoms with E-state index in [0.29, 0.717) is 21.7 Å². The van der Waals surface area contributed by atoms with Gasteiger partial charge in [-0.1, -0.05) is 17.7 Å². The largest absolute Gasteiger partial charge is 0.322 e. The minimum atomic E-state index is -3.72. The number of aryl methyl sites for hydroxylation is 1. The Hall–Kier alpha value is -3.27. The summed E-state index contributed by atoms with van der Waals surface area (Å²) >= 11 is 5.83. The summed E-state index contributed by atoms with van der Waals surface area (Å²) in [5.41, 5.74) is 1.64. The molecule has 10 heteroatoms. The predicted octanol–water partition coefficient (Wildman–Crippen LogP) is 4.73. The van der Waals surface area contributed by atoms with Crippen molar-refractivity contribution in [3.05, 3.63) is 86.9 Å². The molecule has 1 N–H and O–H groups in total. The lowest BCUT2D eigenvalue weighted by molar-refractivity contribution is -0.384. The van der Waals surface area contributed by atoms with Gasteiger partial charge < -0.3 is 5.32 Å². The summed E-state index contributed by atoms with van der Waals surface area (Å²) in [5, 5.41) is 14.9. The van der Waals surface area contributed by atoms with Crippen LogP contribution in [0.25, 0.3) is 11.1 Å². The number of nitrogens with one attached hydrogen (secondary N) is 1. The van der Waals surface area contributed by atoms with E-state index in [9.17, 15) is 23.3 Å². The fourth-order valence-electron chi connectivity index (χ4n) is 3.06. The van der Waals surface area contributed by atoms with Crippen LogP contribution in [0.3, 0.4) is 0 Å². The molecule has 1 amide bonds. The third kappa shape index (κ3) is 4.80. The average molecular weight is 474 g/mol. The summed E-state index contributed by atoms with van der Waals surface area (Å²) in [4.78, 5) is 23.7. The highest BCUT2D eigenvalue weighted by Gasteiger charge is 2.23. The number of hydrogen-bond donors (Lipinski definition) is 1. The molecule has 0 saturated heterocycles. The van der Waals surface area contributed by atoms with Crippen LogP contribution in [0.1, 0.15) is 15.9 Å². The number of nitrogens with zero attached hydrogens (tertiary/aromatic N) is 2. The molecule has 0 fully saturated rings. The van der Waals surface area contributed by atoms with Crippen LogP contribution in [-0.2, 0) is 10.0 Å². The molecule has 3 aromatic rings. The molecule has 0 saturated carbocycles. The number of nitro groups is 1. The van der Waals surface area contributed by atoms with E-state index in [1.807, 2.05) is 0 Å².